The van der Waals surface area contributed by atoms with Gasteiger partial charge in [0, 0.05) is 13.1 Å². The molecule has 3 rings (SSSR count). The molecule has 0 aliphatic carbocycles. The molecular formula is C18H24N2O3. The normalized spacial score (nSPS) is 23.3. The van der Waals surface area contributed by atoms with Crippen molar-refractivity contribution >= 4 is 12.0 Å². The molecule has 0 N–H and O–H groups in total. The van der Waals surface area contributed by atoms with Crippen LogP contribution in [0.15, 0.2) is 30.3 Å². The monoisotopic (exact) mass is 316 g/mol. The number of amides is 2. The fraction of sp³-hybridized carbons (Fsp3) is 0.556. The van der Waals surface area contributed by atoms with Crippen LogP contribution in [0.25, 0.3) is 0 Å². The first kappa shape index (κ1) is 15.8. The van der Waals surface area contributed by atoms with Gasteiger partial charge in [0.1, 0.15) is 5.54 Å². The van der Waals surface area contributed by atoms with Gasteiger partial charge in [-0.05, 0) is 24.8 Å². The fourth-order valence-corrected chi connectivity index (χ4v) is 3.50. The summed E-state index contributed by atoms with van der Waals surface area (Å²) in [6.45, 7) is 4.34. The molecule has 1 aromatic carbocycles. The summed E-state index contributed by atoms with van der Waals surface area (Å²) in [6.07, 6.45) is 3.14. The van der Waals surface area contributed by atoms with Crippen molar-refractivity contribution in [3.8, 4) is 0 Å². The van der Waals surface area contributed by atoms with E-state index in [-0.39, 0.29) is 12.0 Å². The molecule has 1 atom stereocenters. The summed E-state index contributed by atoms with van der Waals surface area (Å²) in [4.78, 5) is 28.5. The van der Waals surface area contributed by atoms with Crippen molar-refractivity contribution < 1.29 is 14.3 Å². The molecule has 1 unspecified atom stereocenters. The van der Waals surface area contributed by atoms with E-state index in [0.29, 0.717) is 26.2 Å². The number of rotatable bonds is 5. The minimum atomic E-state index is -0.641. The van der Waals surface area contributed by atoms with Crippen LogP contribution in [-0.2, 0) is 16.1 Å². The first-order valence-electron chi connectivity index (χ1n) is 8.45. The third-order valence-electron chi connectivity index (χ3n) is 4.79. The van der Waals surface area contributed by atoms with Gasteiger partial charge < -0.3 is 9.64 Å². The number of nitrogens with zero attached hydrogens (tertiary/aromatic N) is 2. The van der Waals surface area contributed by atoms with Gasteiger partial charge in [0.25, 0.3) is 5.91 Å². The quantitative estimate of drug-likeness (QED) is 0.620. The van der Waals surface area contributed by atoms with Crippen LogP contribution in [0.1, 0.15) is 38.2 Å². The van der Waals surface area contributed by atoms with E-state index in [1.54, 1.807) is 4.90 Å². The van der Waals surface area contributed by atoms with Crippen molar-refractivity contribution in [2.75, 3.05) is 19.7 Å². The van der Waals surface area contributed by atoms with Crippen LogP contribution in [0.3, 0.4) is 0 Å². The van der Waals surface area contributed by atoms with Crippen LogP contribution in [0.5, 0.6) is 0 Å². The largest absolute Gasteiger partial charge is 0.449 e. The molecule has 5 heteroatoms. The van der Waals surface area contributed by atoms with E-state index in [4.69, 9.17) is 4.74 Å². The smallest absolute Gasteiger partial charge is 0.410 e. The first-order chi connectivity index (χ1) is 11.2. The van der Waals surface area contributed by atoms with Crippen LogP contribution >= 0.6 is 0 Å². The first-order valence-corrected chi connectivity index (χ1v) is 8.45. The molecule has 1 aromatic rings. The van der Waals surface area contributed by atoms with Crippen molar-refractivity contribution in [1.29, 1.82) is 0 Å². The molecule has 23 heavy (non-hydrogen) atoms. The molecule has 124 valence electrons. The predicted octanol–water partition coefficient (Wildman–Crippen LogP) is 2.80. The summed E-state index contributed by atoms with van der Waals surface area (Å²) < 4.78 is 5.32. The molecule has 2 amide bonds. The van der Waals surface area contributed by atoms with E-state index >= 15 is 0 Å². The van der Waals surface area contributed by atoms with Crippen LogP contribution in [0, 0.1) is 0 Å². The van der Waals surface area contributed by atoms with Crippen LogP contribution in [-0.4, -0.2) is 47.0 Å². The van der Waals surface area contributed by atoms with E-state index in [1.165, 1.54) is 0 Å². The summed E-state index contributed by atoms with van der Waals surface area (Å²) in [5.74, 6) is 0.0614. The number of carbonyl (C=O) groups is 2. The third kappa shape index (κ3) is 2.92. The van der Waals surface area contributed by atoms with E-state index in [0.717, 1.165) is 31.2 Å². The third-order valence-corrected chi connectivity index (χ3v) is 4.79. The molecule has 2 aliphatic rings. The standard InChI is InChI=1S/C18H24N2O3/c1-2-3-12-23-17(22)20-11-7-10-18(20)14-19(16(18)21)13-15-8-5-4-6-9-15/h4-6,8-9H,2-3,7,10-14H2,1H3. The summed E-state index contributed by atoms with van der Waals surface area (Å²) >= 11 is 0. The van der Waals surface area contributed by atoms with Crippen LogP contribution in [0.2, 0.25) is 0 Å². The zero-order valence-corrected chi connectivity index (χ0v) is 13.7. The number of benzene rings is 1. The van der Waals surface area contributed by atoms with Gasteiger partial charge in [0.15, 0.2) is 0 Å². The van der Waals surface area contributed by atoms with Gasteiger partial charge in [0.05, 0.1) is 13.2 Å². The van der Waals surface area contributed by atoms with E-state index < -0.39 is 5.54 Å². The zero-order valence-electron chi connectivity index (χ0n) is 13.7. The zero-order chi connectivity index (χ0) is 16.3. The Hall–Kier alpha value is -2.04. The summed E-state index contributed by atoms with van der Waals surface area (Å²) in [6, 6.07) is 9.95. The maximum Gasteiger partial charge on any atom is 0.410 e. The number of carbonyl (C=O) groups excluding carboxylic acids is 2. The van der Waals surface area contributed by atoms with E-state index in [1.807, 2.05) is 35.2 Å². The molecule has 5 nitrogen and oxygen atoms in total. The Morgan fingerprint density at radius 1 is 1.30 bits per heavy atom. The molecule has 0 radical (unpaired) electrons. The van der Waals surface area contributed by atoms with Gasteiger partial charge in [-0.15, -0.1) is 0 Å². The molecule has 0 aromatic heterocycles. The van der Waals surface area contributed by atoms with E-state index in [2.05, 4.69) is 6.92 Å². The Bertz CT molecular complexity index is 575. The maximum absolute atomic E-state index is 12.7. The lowest BCUT2D eigenvalue weighted by molar-refractivity contribution is -0.160. The summed E-state index contributed by atoms with van der Waals surface area (Å²) in [7, 11) is 0. The topological polar surface area (TPSA) is 49.9 Å². The molecular weight excluding hydrogens is 292 g/mol. The number of unbranched alkanes of at least 4 members (excludes halogenated alkanes) is 1. The average Bonchev–Trinajstić information content (AvgIpc) is 3.02. The molecule has 2 saturated heterocycles. The van der Waals surface area contributed by atoms with Gasteiger partial charge in [-0.2, -0.15) is 0 Å². The van der Waals surface area contributed by atoms with Gasteiger partial charge >= 0.3 is 6.09 Å². The highest BCUT2D eigenvalue weighted by Gasteiger charge is 2.59. The van der Waals surface area contributed by atoms with Crippen LogP contribution < -0.4 is 0 Å². The van der Waals surface area contributed by atoms with Crippen molar-refractivity contribution in [3.05, 3.63) is 35.9 Å². The second-order valence-electron chi connectivity index (χ2n) is 6.40. The number of ether oxygens (including phenoxy) is 1. The Kier molecular flexibility index (Phi) is 4.55. The number of β-lactam (4-membered cyclic amide) rings is 1. The molecule has 0 saturated carbocycles. The Morgan fingerprint density at radius 3 is 2.78 bits per heavy atom. The molecule has 2 fully saturated rings. The second-order valence-corrected chi connectivity index (χ2v) is 6.40. The van der Waals surface area contributed by atoms with Gasteiger partial charge in [-0.3, -0.25) is 9.69 Å². The van der Waals surface area contributed by atoms with Gasteiger partial charge in [-0.25, -0.2) is 4.79 Å². The van der Waals surface area contributed by atoms with Gasteiger partial charge in [0.2, 0.25) is 0 Å². The van der Waals surface area contributed by atoms with Crippen molar-refractivity contribution in [2.45, 2.75) is 44.7 Å². The minimum Gasteiger partial charge on any atom is -0.449 e. The maximum atomic E-state index is 12.7. The number of likely N-dealkylation sites (tertiary alicyclic amines) is 2. The minimum absolute atomic E-state index is 0.0614. The van der Waals surface area contributed by atoms with E-state index in [9.17, 15) is 9.59 Å². The van der Waals surface area contributed by atoms with Crippen molar-refractivity contribution in [1.82, 2.24) is 9.80 Å². The highest BCUT2D eigenvalue weighted by Crippen LogP contribution is 2.40. The SMILES string of the molecule is CCCCOC(=O)N1CCCC12CN(Cc1ccccc1)C2=O. The Labute approximate surface area is 137 Å². The fourth-order valence-electron chi connectivity index (χ4n) is 3.50. The van der Waals surface area contributed by atoms with Crippen molar-refractivity contribution in [2.24, 2.45) is 0 Å². The molecule has 2 heterocycles. The second kappa shape index (κ2) is 6.60. The van der Waals surface area contributed by atoms with Crippen LogP contribution in [0.4, 0.5) is 4.79 Å². The number of hydrogen-bond acceptors (Lipinski definition) is 3. The van der Waals surface area contributed by atoms with Gasteiger partial charge in [-0.1, -0.05) is 43.7 Å². The average molecular weight is 316 g/mol. The summed E-state index contributed by atoms with van der Waals surface area (Å²) in [5, 5.41) is 0. The number of hydrogen-bond donors (Lipinski definition) is 0. The molecule has 0 bridgehead atoms. The molecule has 1 spiro atoms. The predicted molar refractivity (Wildman–Crippen MR) is 86.8 cm³/mol. The Morgan fingerprint density at radius 2 is 2.09 bits per heavy atom. The van der Waals surface area contributed by atoms with Crippen molar-refractivity contribution in [3.63, 3.8) is 0 Å². The lowest BCUT2D eigenvalue weighted by Gasteiger charge is -2.50. The highest BCUT2D eigenvalue weighted by molar-refractivity contribution is 5.96. The lowest BCUT2D eigenvalue weighted by atomic mass is 9.85. The lowest BCUT2D eigenvalue weighted by Crippen LogP contribution is -2.72. The summed E-state index contributed by atoms with van der Waals surface area (Å²) in [5.41, 5.74) is 0.476. The highest BCUT2D eigenvalue weighted by atomic mass is 16.6. The Balaban J connectivity index is 1.61. The molecule has 2 aliphatic heterocycles.